The van der Waals surface area contributed by atoms with Crippen molar-refractivity contribution >= 4 is 55.0 Å². The molecule has 98 valence electrons. The molecule has 0 fully saturated rings. The van der Waals surface area contributed by atoms with E-state index in [1.807, 2.05) is 0 Å². The molecule has 0 aliphatic heterocycles. The molecule has 0 saturated carbocycles. The first-order chi connectivity index (χ1) is 8.40. The van der Waals surface area contributed by atoms with Gasteiger partial charge in [0.1, 0.15) is 0 Å². The summed E-state index contributed by atoms with van der Waals surface area (Å²) in [5, 5.41) is 5.47. The average molecular weight is 378 g/mol. The third-order valence-corrected chi connectivity index (χ3v) is 2.95. The Labute approximate surface area is 123 Å². The minimum Gasteiger partial charge on any atom is -0.325 e. The normalized spacial score (nSPS) is 13.6. The molecule has 6 heteroatoms. The van der Waals surface area contributed by atoms with E-state index in [-0.39, 0.29) is 21.5 Å². The second kappa shape index (κ2) is 6.89. The van der Waals surface area contributed by atoms with Gasteiger partial charge in [0.15, 0.2) is 0 Å². The summed E-state index contributed by atoms with van der Waals surface area (Å²) in [6.45, 7) is 3.49. The van der Waals surface area contributed by atoms with E-state index in [0.29, 0.717) is 11.4 Å². The Balaban J connectivity index is 2.74. The van der Waals surface area contributed by atoms with Crippen LogP contribution in [0.5, 0.6) is 0 Å². The lowest BCUT2D eigenvalue weighted by Gasteiger charge is -2.10. The van der Waals surface area contributed by atoms with Gasteiger partial charge in [-0.3, -0.25) is 9.59 Å². The van der Waals surface area contributed by atoms with Crippen molar-refractivity contribution in [3.8, 4) is 0 Å². The fourth-order valence-corrected chi connectivity index (χ4v) is 1.39. The molecule has 0 aliphatic carbocycles. The highest BCUT2D eigenvalue weighted by atomic mass is 79.9. The van der Waals surface area contributed by atoms with Crippen LogP contribution in [0.3, 0.4) is 0 Å². The standard InChI is InChI=1S/C12H14Br2N2O2/c1-7(13)11(17)15-9-4-3-5-10(6-9)16-12(18)8(2)14/h3-8H,1-2H3,(H,15,17)(H,16,18). The van der Waals surface area contributed by atoms with E-state index >= 15 is 0 Å². The summed E-state index contributed by atoms with van der Waals surface area (Å²) in [6.07, 6.45) is 0. The van der Waals surface area contributed by atoms with Crippen molar-refractivity contribution in [2.24, 2.45) is 0 Å². The lowest BCUT2D eigenvalue weighted by atomic mass is 10.2. The molecule has 1 rings (SSSR count). The summed E-state index contributed by atoms with van der Waals surface area (Å²) in [7, 11) is 0. The zero-order valence-corrected chi connectivity index (χ0v) is 13.2. The largest absolute Gasteiger partial charge is 0.325 e. The molecule has 0 saturated heterocycles. The number of carbonyl (C=O) groups is 2. The van der Waals surface area contributed by atoms with Crippen molar-refractivity contribution in [1.29, 1.82) is 0 Å². The minimum atomic E-state index is -0.265. The van der Waals surface area contributed by atoms with E-state index in [2.05, 4.69) is 42.5 Å². The fourth-order valence-electron chi connectivity index (χ4n) is 1.16. The number of benzene rings is 1. The third-order valence-electron chi connectivity index (χ3n) is 2.12. The van der Waals surface area contributed by atoms with Gasteiger partial charge in [-0.05, 0) is 32.0 Å². The molecule has 18 heavy (non-hydrogen) atoms. The van der Waals surface area contributed by atoms with Crippen LogP contribution in [-0.4, -0.2) is 21.5 Å². The molecular formula is C12H14Br2N2O2. The highest BCUT2D eigenvalue weighted by Crippen LogP contribution is 2.17. The Morgan fingerprint density at radius 1 is 1.00 bits per heavy atom. The molecule has 2 amide bonds. The second-order valence-corrected chi connectivity index (χ2v) is 6.54. The summed E-state index contributed by atoms with van der Waals surface area (Å²) in [4.78, 5) is 22.5. The van der Waals surface area contributed by atoms with Gasteiger partial charge in [-0.1, -0.05) is 37.9 Å². The van der Waals surface area contributed by atoms with Crippen LogP contribution in [0.1, 0.15) is 13.8 Å². The van der Waals surface area contributed by atoms with Gasteiger partial charge in [-0.25, -0.2) is 0 Å². The summed E-state index contributed by atoms with van der Waals surface area (Å²) >= 11 is 6.37. The van der Waals surface area contributed by atoms with Crippen molar-refractivity contribution in [1.82, 2.24) is 0 Å². The number of halogens is 2. The smallest absolute Gasteiger partial charge is 0.237 e. The third kappa shape index (κ3) is 4.78. The molecule has 1 aromatic rings. The van der Waals surface area contributed by atoms with E-state index in [1.165, 1.54) is 0 Å². The van der Waals surface area contributed by atoms with Gasteiger partial charge in [-0.2, -0.15) is 0 Å². The van der Waals surface area contributed by atoms with Crippen LogP contribution in [0.4, 0.5) is 11.4 Å². The van der Waals surface area contributed by atoms with Crippen LogP contribution in [0.25, 0.3) is 0 Å². The van der Waals surface area contributed by atoms with Crippen LogP contribution >= 0.6 is 31.9 Å². The lowest BCUT2D eigenvalue weighted by Crippen LogP contribution is -2.21. The van der Waals surface area contributed by atoms with Gasteiger partial charge in [-0.15, -0.1) is 0 Å². The summed E-state index contributed by atoms with van der Waals surface area (Å²) in [6, 6.07) is 7.00. The van der Waals surface area contributed by atoms with Gasteiger partial charge in [0.25, 0.3) is 0 Å². The molecule has 0 aliphatic rings. The van der Waals surface area contributed by atoms with Crippen molar-refractivity contribution in [3.05, 3.63) is 24.3 Å². The number of anilines is 2. The zero-order valence-electron chi connectivity index (χ0n) is 10.0. The molecular weight excluding hydrogens is 364 g/mol. The van der Waals surface area contributed by atoms with Crippen LogP contribution in [0.2, 0.25) is 0 Å². The van der Waals surface area contributed by atoms with Crippen molar-refractivity contribution in [3.63, 3.8) is 0 Å². The Kier molecular flexibility index (Phi) is 5.81. The molecule has 0 bridgehead atoms. The Hall–Kier alpha value is -0.880. The van der Waals surface area contributed by atoms with E-state index in [4.69, 9.17) is 0 Å². The van der Waals surface area contributed by atoms with Gasteiger partial charge >= 0.3 is 0 Å². The lowest BCUT2D eigenvalue weighted by molar-refractivity contribution is -0.116. The topological polar surface area (TPSA) is 58.2 Å². The zero-order chi connectivity index (χ0) is 13.7. The maximum absolute atomic E-state index is 11.5. The van der Waals surface area contributed by atoms with E-state index in [0.717, 1.165) is 0 Å². The first-order valence-electron chi connectivity index (χ1n) is 5.40. The maximum Gasteiger partial charge on any atom is 0.237 e. The summed E-state index contributed by atoms with van der Waals surface area (Å²) in [5.41, 5.74) is 1.29. The van der Waals surface area contributed by atoms with Crippen LogP contribution in [0.15, 0.2) is 24.3 Å². The summed E-state index contributed by atoms with van der Waals surface area (Å²) in [5.74, 6) is -0.264. The quantitative estimate of drug-likeness (QED) is 0.792. The van der Waals surface area contributed by atoms with Gasteiger partial charge in [0.2, 0.25) is 11.8 Å². The SMILES string of the molecule is CC(Br)C(=O)Nc1cccc(NC(=O)C(C)Br)c1. The predicted octanol–water partition coefficient (Wildman–Crippen LogP) is 3.13. The number of alkyl halides is 2. The maximum atomic E-state index is 11.5. The van der Waals surface area contributed by atoms with E-state index < -0.39 is 0 Å². The molecule has 0 radical (unpaired) electrons. The van der Waals surface area contributed by atoms with Crippen LogP contribution in [-0.2, 0) is 9.59 Å². The number of carbonyl (C=O) groups excluding carboxylic acids is 2. The van der Waals surface area contributed by atoms with Crippen molar-refractivity contribution in [2.75, 3.05) is 10.6 Å². The number of rotatable bonds is 4. The summed E-state index contributed by atoms with van der Waals surface area (Å²) < 4.78 is 0. The van der Waals surface area contributed by atoms with Crippen LogP contribution < -0.4 is 10.6 Å². The van der Waals surface area contributed by atoms with E-state index in [9.17, 15) is 9.59 Å². The second-order valence-electron chi connectivity index (χ2n) is 3.79. The number of hydrogen-bond donors (Lipinski definition) is 2. The van der Waals surface area contributed by atoms with Crippen LogP contribution in [0, 0.1) is 0 Å². The minimum absolute atomic E-state index is 0.132. The fraction of sp³-hybridized carbons (Fsp3) is 0.333. The van der Waals surface area contributed by atoms with Crippen molar-refractivity contribution in [2.45, 2.75) is 23.5 Å². The molecule has 0 spiro atoms. The monoisotopic (exact) mass is 376 g/mol. The number of nitrogens with one attached hydrogen (secondary N) is 2. The number of amides is 2. The molecule has 0 heterocycles. The number of hydrogen-bond acceptors (Lipinski definition) is 2. The highest BCUT2D eigenvalue weighted by molar-refractivity contribution is 9.10. The first-order valence-corrected chi connectivity index (χ1v) is 7.23. The Morgan fingerprint density at radius 2 is 1.39 bits per heavy atom. The average Bonchev–Trinajstić information content (AvgIpc) is 2.29. The molecule has 2 atom stereocenters. The van der Waals surface area contributed by atoms with Crippen molar-refractivity contribution < 1.29 is 9.59 Å². The predicted molar refractivity (Wildman–Crippen MR) is 80.5 cm³/mol. The Bertz CT molecular complexity index is 410. The van der Waals surface area contributed by atoms with Gasteiger partial charge < -0.3 is 10.6 Å². The van der Waals surface area contributed by atoms with Gasteiger partial charge in [0, 0.05) is 11.4 Å². The molecule has 0 aromatic heterocycles. The van der Waals surface area contributed by atoms with Gasteiger partial charge in [0.05, 0.1) is 9.65 Å². The highest BCUT2D eigenvalue weighted by Gasteiger charge is 2.11. The molecule has 1 aromatic carbocycles. The first kappa shape index (κ1) is 15.2. The van der Waals surface area contributed by atoms with E-state index in [1.54, 1.807) is 38.1 Å². The molecule has 4 nitrogen and oxygen atoms in total. The Morgan fingerprint density at radius 3 is 1.72 bits per heavy atom. The molecule has 2 unspecified atom stereocenters. The molecule has 2 N–H and O–H groups in total.